The molecule has 0 bridgehead atoms. The lowest BCUT2D eigenvalue weighted by atomic mass is 10.1. The molecular weight excluding hydrogens is 445 g/mol. The van der Waals surface area contributed by atoms with Gasteiger partial charge in [-0.1, -0.05) is 12.1 Å². The Labute approximate surface area is 185 Å². The summed E-state index contributed by atoms with van der Waals surface area (Å²) in [6.07, 6.45) is -4.43. The summed E-state index contributed by atoms with van der Waals surface area (Å²) in [4.78, 5) is 12.4. The standard InChI is InChI=1S/C22H25F3N2O4S/c1-15-13-27(14-16(2)31-15)32(29,30)20-9-5-18(6-10-20)21(28)26-12-11-17-3-7-19(8-4-17)22(23,24)25/h3-10,15-16H,11-14H2,1-2H3,(H,26,28). The van der Waals surface area contributed by atoms with Crippen molar-refractivity contribution in [1.29, 1.82) is 0 Å². The SMILES string of the molecule is CC1CN(S(=O)(=O)c2ccc(C(=O)NCCc3ccc(C(F)(F)F)cc3)cc2)CC(C)O1. The number of benzene rings is 2. The number of hydrogen-bond acceptors (Lipinski definition) is 4. The summed E-state index contributed by atoms with van der Waals surface area (Å²) in [5, 5.41) is 2.69. The van der Waals surface area contributed by atoms with E-state index in [1.54, 1.807) is 0 Å². The highest BCUT2D eigenvalue weighted by atomic mass is 32.2. The Hall–Kier alpha value is -2.43. The summed E-state index contributed by atoms with van der Waals surface area (Å²) in [5.74, 6) is -0.394. The zero-order chi connectivity index (χ0) is 23.5. The predicted octanol–water partition coefficient (Wildman–Crippen LogP) is 3.48. The molecule has 1 amide bonds. The van der Waals surface area contributed by atoms with Crippen LogP contribution in [-0.2, 0) is 27.4 Å². The average Bonchev–Trinajstić information content (AvgIpc) is 2.73. The third-order valence-corrected chi connectivity index (χ3v) is 6.97. The van der Waals surface area contributed by atoms with E-state index in [4.69, 9.17) is 4.74 Å². The second-order valence-electron chi connectivity index (χ2n) is 7.80. The van der Waals surface area contributed by atoms with Crippen molar-refractivity contribution in [2.45, 2.75) is 43.5 Å². The van der Waals surface area contributed by atoms with Gasteiger partial charge < -0.3 is 10.1 Å². The van der Waals surface area contributed by atoms with Gasteiger partial charge in [-0.2, -0.15) is 17.5 Å². The molecule has 32 heavy (non-hydrogen) atoms. The Morgan fingerprint density at radius 1 is 1.03 bits per heavy atom. The van der Waals surface area contributed by atoms with Crippen molar-refractivity contribution < 1.29 is 31.1 Å². The molecule has 2 unspecified atom stereocenters. The summed E-state index contributed by atoms with van der Waals surface area (Å²) in [6, 6.07) is 10.4. The van der Waals surface area contributed by atoms with Crippen molar-refractivity contribution in [2.75, 3.05) is 19.6 Å². The van der Waals surface area contributed by atoms with Crippen LogP contribution in [0.3, 0.4) is 0 Å². The summed E-state index contributed by atoms with van der Waals surface area (Å²) in [5.41, 5.74) is 0.232. The molecule has 0 radical (unpaired) electrons. The Bertz CT molecular complexity index is 1030. The first-order chi connectivity index (χ1) is 15.0. The van der Waals surface area contributed by atoms with E-state index < -0.39 is 27.7 Å². The molecule has 6 nitrogen and oxygen atoms in total. The number of amides is 1. The summed E-state index contributed by atoms with van der Waals surface area (Å²) in [6.45, 7) is 4.39. The smallest absolute Gasteiger partial charge is 0.373 e. The first-order valence-corrected chi connectivity index (χ1v) is 11.6. The minimum Gasteiger partial charge on any atom is -0.373 e. The molecular formula is C22H25F3N2O4S. The number of ether oxygens (including phenoxy) is 1. The molecule has 0 spiro atoms. The Morgan fingerprint density at radius 3 is 2.12 bits per heavy atom. The zero-order valence-electron chi connectivity index (χ0n) is 17.7. The van der Waals surface area contributed by atoms with Crippen LogP contribution in [0.2, 0.25) is 0 Å². The van der Waals surface area contributed by atoms with Gasteiger partial charge >= 0.3 is 6.18 Å². The van der Waals surface area contributed by atoms with Crippen molar-refractivity contribution in [1.82, 2.24) is 9.62 Å². The lowest BCUT2D eigenvalue weighted by Gasteiger charge is -2.34. The van der Waals surface area contributed by atoms with Crippen molar-refractivity contribution in [3.63, 3.8) is 0 Å². The molecule has 1 saturated heterocycles. The highest BCUT2D eigenvalue weighted by Gasteiger charge is 2.32. The van der Waals surface area contributed by atoms with Gasteiger partial charge in [0.1, 0.15) is 0 Å². The van der Waals surface area contributed by atoms with Crippen LogP contribution in [0.15, 0.2) is 53.4 Å². The maximum absolute atomic E-state index is 12.9. The number of morpholine rings is 1. The molecule has 1 fully saturated rings. The maximum Gasteiger partial charge on any atom is 0.416 e. The van der Waals surface area contributed by atoms with Gasteiger partial charge in [-0.3, -0.25) is 4.79 Å². The maximum atomic E-state index is 12.9. The minimum absolute atomic E-state index is 0.0973. The summed E-state index contributed by atoms with van der Waals surface area (Å²) < 4.78 is 70.5. The van der Waals surface area contributed by atoms with E-state index in [-0.39, 0.29) is 36.7 Å². The number of carbonyl (C=O) groups excluding carboxylic acids is 1. The normalized spacial score (nSPS) is 20.2. The fourth-order valence-electron chi connectivity index (χ4n) is 3.54. The largest absolute Gasteiger partial charge is 0.416 e. The second-order valence-corrected chi connectivity index (χ2v) is 9.74. The van der Waals surface area contributed by atoms with Crippen LogP contribution in [0, 0.1) is 0 Å². The van der Waals surface area contributed by atoms with E-state index in [1.807, 2.05) is 13.8 Å². The van der Waals surface area contributed by atoms with E-state index in [1.165, 1.54) is 40.7 Å². The Balaban J connectivity index is 1.57. The van der Waals surface area contributed by atoms with E-state index in [2.05, 4.69) is 5.32 Å². The molecule has 2 aromatic rings. The molecule has 1 heterocycles. The third-order valence-electron chi connectivity index (χ3n) is 5.12. The van der Waals surface area contributed by atoms with Crippen molar-refractivity contribution in [3.05, 3.63) is 65.2 Å². The third kappa shape index (κ3) is 5.87. The van der Waals surface area contributed by atoms with Gasteiger partial charge in [0.2, 0.25) is 10.0 Å². The number of sulfonamides is 1. The minimum atomic E-state index is -4.38. The predicted molar refractivity (Wildman–Crippen MR) is 113 cm³/mol. The number of carbonyl (C=O) groups is 1. The van der Waals surface area contributed by atoms with E-state index in [0.29, 0.717) is 17.5 Å². The first-order valence-electron chi connectivity index (χ1n) is 10.2. The number of alkyl halides is 3. The van der Waals surface area contributed by atoms with Crippen molar-refractivity contribution in [3.8, 4) is 0 Å². The zero-order valence-corrected chi connectivity index (χ0v) is 18.5. The van der Waals surface area contributed by atoms with Crippen molar-refractivity contribution in [2.24, 2.45) is 0 Å². The van der Waals surface area contributed by atoms with Crippen LogP contribution in [0.25, 0.3) is 0 Å². The van der Waals surface area contributed by atoms with Gasteiger partial charge in [0.25, 0.3) is 5.91 Å². The van der Waals surface area contributed by atoms with E-state index in [9.17, 15) is 26.4 Å². The van der Waals surface area contributed by atoms with Crippen LogP contribution >= 0.6 is 0 Å². The highest BCUT2D eigenvalue weighted by Crippen LogP contribution is 2.29. The van der Waals surface area contributed by atoms with Gasteiger partial charge in [0.05, 0.1) is 22.7 Å². The first kappa shape index (κ1) is 24.2. The lowest BCUT2D eigenvalue weighted by molar-refractivity contribution is -0.137. The monoisotopic (exact) mass is 470 g/mol. The average molecular weight is 471 g/mol. The summed E-state index contributed by atoms with van der Waals surface area (Å²) in [7, 11) is -3.70. The molecule has 174 valence electrons. The number of nitrogens with zero attached hydrogens (tertiary/aromatic N) is 1. The molecule has 1 aliphatic heterocycles. The molecule has 2 aromatic carbocycles. The molecule has 0 aliphatic carbocycles. The number of rotatable bonds is 6. The number of halogens is 3. The van der Waals surface area contributed by atoms with Crippen LogP contribution in [0.4, 0.5) is 13.2 Å². The van der Waals surface area contributed by atoms with Crippen molar-refractivity contribution >= 4 is 15.9 Å². The van der Waals surface area contributed by atoms with Crippen LogP contribution in [0.1, 0.15) is 35.3 Å². The Morgan fingerprint density at radius 2 is 1.59 bits per heavy atom. The molecule has 3 rings (SSSR count). The van der Waals surface area contributed by atoms with Crippen LogP contribution in [0.5, 0.6) is 0 Å². The molecule has 1 aliphatic rings. The molecule has 1 N–H and O–H groups in total. The quantitative estimate of drug-likeness (QED) is 0.702. The molecule has 0 aromatic heterocycles. The van der Waals surface area contributed by atoms with Gasteiger partial charge in [-0.25, -0.2) is 8.42 Å². The lowest BCUT2D eigenvalue weighted by Crippen LogP contribution is -2.48. The number of hydrogen-bond donors (Lipinski definition) is 1. The second kappa shape index (κ2) is 9.60. The fourth-order valence-corrected chi connectivity index (χ4v) is 5.13. The molecule has 10 heteroatoms. The van der Waals surface area contributed by atoms with Gasteiger partial charge in [-0.15, -0.1) is 0 Å². The topological polar surface area (TPSA) is 75.7 Å². The van der Waals surface area contributed by atoms with Gasteiger partial charge in [0, 0.05) is 25.2 Å². The van der Waals surface area contributed by atoms with Crippen LogP contribution in [-0.4, -0.2) is 50.5 Å². The van der Waals surface area contributed by atoms with E-state index in [0.717, 1.165) is 12.1 Å². The molecule has 0 saturated carbocycles. The fraction of sp³-hybridized carbons (Fsp3) is 0.409. The number of nitrogens with one attached hydrogen (secondary N) is 1. The summed E-state index contributed by atoms with van der Waals surface area (Å²) >= 11 is 0. The van der Waals surface area contributed by atoms with Gasteiger partial charge in [0.15, 0.2) is 0 Å². The molecule has 2 atom stereocenters. The van der Waals surface area contributed by atoms with Gasteiger partial charge in [-0.05, 0) is 62.2 Å². The van der Waals surface area contributed by atoms with E-state index >= 15 is 0 Å². The highest BCUT2D eigenvalue weighted by molar-refractivity contribution is 7.89. The Kier molecular flexibility index (Phi) is 7.26. The van der Waals surface area contributed by atoms with Crippen LogP contribution < -0.4 is 5.32 Å².